The van der Waals surface area contributed by atoms with Gasteiger partial charge in [0, 0.05) is 63.1 Å². The average molecular weight is 367 g/mol. The standard InChI is InChI=1S/C20H25N5O2/c26-19(22-17-4-5-17)8-11-23-12-14-24(15-13-23)20(27)16-2-6-18(7-3-16)25-10-1-9-21-25/h1-3,6-7,9-10,17H,4-5,8,11-15H2,(H,22,26). The van der Waals surface area contributed by atoms with Gasteiger partial charge in [0.05, 0.1) is 5.69 Å². The van der Waals surface area contributed by atoms with Crippen LogP contribution in [0.1, 0.15) is 29.6 Å². The van der Waals surface area contributed by atoms with E-state index in [0.29, 0.717) is 31.1 Å². The first-order valence-corrected chi connectivity index (χ1v) is 9.60. The molecule has 1 N–H and O–H groups in total. The molecular formula is C20H25N5O2. The van der Waals surface area contributed by atoms with E-state index in [2.05, 4.69) is 15.3 Å². The third-order valence-corrected chi connectivity index (χ3v) is 5.14. The van der Waals surface area contributed by atoms with Crippen LogP contribution in [0.25, 0.3) is 5.69 Å². The second-order valence-corrected chi connectivity index (χ2v) is 7.22. The van der Waals surface area contributed by atoms with Gasteiger partial charge in [-0.2, -0.15) is 5.10 Å². The van der Waals surface area contributed by atoms with E-state index in [0.717, 1.165) is 38.2 Å². The molecule has 1 aromatic carbocycles. The molecule has 7 nitrogen and oxygen atoms in total. The first-order valence-electron chi connectivity index (χ1n) is 9.60. The summed E-state index contributed by atoms with van der Waals surface area (Å²) in [6.45, 7) is 3.79. The highest BCUT2D eigenvalue weighted by Gasteiger charge is 2.25. The van der Waals surface area contributed by atoms with Crippen molar-refractivity contribution >= 4 is 11.8 Å². The van der Waals surface area contributed by atoms with Crippen LogP contribution >= 0.6 is 0 Å². The zero-order valence-electron chi connectivity index (χ0n) is 15.4. The fraction of sp³-hybridized carbons (Fsp3) is 0.450. The molecule has 1 saturated carbocycles. The third-order valence-electron chi connectivity index (χ3n) is 5.14. The highest BCUT2D eigenvalue weighted by Crippen LogP contribution is 2.18. The highest BCUT2D eigenvalue weighted by molar-refractivity contribution is 5.94. The maximum atomic E-state index is 12.7. The van der Waals surface area contributed by atoms with E-state index in [1.54, 1.807) is 10.9 Å². The van der Waals surface area contributed by atoms with Gasteiger partial charge in [-0.25, -0.2) is 4.68 Å². The molecule has 0 atom stereocenters. The minimum absolute atomic E-state index is 0.0631. The summed E-state index contributed by atoms with van der Waals surface area (Å²) in [4.78, 5) is 28.7. The molecule has 0 unspecified atom stereocenters. The number of benzene rings is 1. The first-order chi connectivity index (χ1) is 13.2. The van der Waals surface area contributed by atoms with Crippen LogP contribution in [0.2, 0.25) is 0 Å². The van der Waals surface area contributed by atoms with Crippen LogP contribution in [0, 0.1) is 0 Å². The molecule has 1 saturated heterocycles. The van der Waals surface area contributed by atoms with Gasteiger partial charge in [0.15, 0.2) is 0 Å². The van der Waals surface area contributed by atoms with Crippen LogP contribution in [-0.4, -0.2) is 70.2 Å². The molecule has 2 aliphatic rings. The summed E-state index contributed by atoms with van der Waals surface area (Å²) in [5, 5.41) is 7.22. The molecule has 2 fully saturated rings. The molecule has 2 amide bonds. The van der Waals surface area contributed by atoms with E-state index in [1.165, 1.54) is 0 Å². The van der Waals surface area contributed by atoms with Gasteiger partial charge in [-0.1, -0.05) is 0 Å². The van der Waals surface area contributed by atoms with E-state index in [9.17, 15) is 9.59 Å². The fourth-order valence-corrected chi connectivity index (χ4v) is 3.32. The minimum atomic E-state index is 0.0631. The van der Waals surface area contributed by atoms with E-state index >= 15 is 0 Å². The topological polar surface area (TPSA) is 70.5 Å². The number of rotatable bonds is 6. The Bertz CT molecular complexity index is 775. The Morgan fingerprint density at radius 1 is 1.07 bits per heavy atom. The predicted molar refractivity (Wildman–Crippen MR) is 102 cm³/mol. The molecule has 4 rings (SSSR count). The van der Waals surface area contributed by atoms with Crippen LogP contribution in [0.3, 0.4) is 0 Å². The molecule has 0 spiro atoms. The number of nitrogens with one attached hydrogen (secondary N) is 1. The number of hydrogen-bond donors (Lipinski definition) is 1. The van der Waals surface area contributed by atoms with Crippen molar-refractivity contribution in [3.63, 3.8) is 0 Å². The molecule has 7 heteroatoms. The monoisotopic (exact) mass is 367 g/mol. The molecule has 142 valence electrons. The van der Waals surface area contributed by atoms with Gasteiger partial charge < -0.3 is 10.2 Å². The highest BCUT2D eigenvalue weighted by atomic mass is 16.2. The predicted octanol–water partition coefficient (Wildman–Crippen LogP) is 1.30. The molecular weight excluding hydrogens is 342 g/mol. The smallest absolute Gasteiger partial charge is 0.253 e. The van der Waals surface area contributed by atoms with E-state index < -0.39 is 0 Å². The van der Waals surface area contributed by atoms with E-state index in [-0.39, 0.29) is 11.8 Å². The third kappa shape index (κ3) is 4.54. The van der Waals surface area contributed by atoms with Crippen molar-refractivity contribution in [1.82, 2.24) is 24.9 Å². The zero-order chi connectivity index (χ0) is 18.6. The lowest BCUT2D eigenvalue weighted by Gasteiger charge is -2.34. The van der Waals surface area contributed by atoms with Gasteiger partial charge in [0.25, 0.3) is 5.91 Å². The van der Waals surface area contributed by atoms with Crippen LogP contribution in [0.4, 0.5) is 0 Å². The van der Waals surface area contributed by atoms with Crippen molar-refractivity contribution in [1.29, 1.82) is 0 Å². The van der Waals surface area contributed by atoms with Gasteiger partial charge in [0.2, 0.25) is 5.91 Å². The lowest BCUT2D eigenvalue weighted by molar-refractivity contribution is -0.121. The lowest BCUT2D eigenvalue weighted by atomic mass is 10.1. The van der Waals surface area contributed by atoms with Crippen LogP contribution in [-0.2, 0) is 4.79 Å². The Morgan fingerprint density at radius 3 is 2.44 bits per heavy atom. The Hall–Kier alpha value is -2.67. The van der Waals surface area contributed by atoms with Crippen molar-refractivity contribution in [3.8, 4) is 5.69 Å². The van der Waals surface area contributed by atoms with Gasteiger partial charge >= 0.3 is 0 Å². The molecule has 0 radical (unpaired) electrons. The second kappa shape index (κ2) is 7.92. The first kappa shape index (κ1) is 17.7. The molecule has 2 aromatic rings. The molecule has 0 bridgehead atoms. The minimum Gasteiger partial charge on any atom is -0.353 e. The number of hydrogen-bond acceptors (Lipinski definition) is 4. The molecule has 27 heavy (non-hydrogen) atoms. The Morgan fingerprint density at radius 2 is 1.81 bits per heavy atom. The lowest BCUT2D eigenvalue weighted by Crippen LogP contribution is -2.49. The van der Waals surface area contributed by atoms with Crippen LogP contribution < -0.4 is 5.32 Å². The number of carbonyl (C=O) groups excluding carboxylic acids is 2. The van der Waals surface area contributed by atoms with E-state index in [4.69, 9.17) is 0 Å². The Labute approximate surface area is 158 Å². The van der Waals surface area contributed by atoms with E-state index in [1.807, 2.05) is 41.4 Å². The number of nitrogens with zero attached hydrogens (tertiary/aromatic N) is 4. The van der Waals surface area contributed by atoms with Crippen molar-refractivity contribution in [3.05, 3.63) is 48.3 Å². The van der Waals surface area contributed by atoms with Gasteiger partial charge in [-0.15, -0.1) is 0 Å². The van der Waals surface area contributed by atoms with Crippen molar-refractivity contribution < 1.29 is 9.59 Å². The summed E-state index contributed by atoms with van der Waals surface area (Å²) in [5.41, 5.74) is 1.63. The number of aromatic nitrogens is 2. The average Bonchev–Trinajstić information content (AvgIpc) is 3.34. The molecule has 1 aliphatic heterocycles. The summed E-state index contributed by atoms with van der Waals surface area (Å²) in [5.74, 6) is 0.210. The van der Waals surface area contributed by atoms with Gasteiger partial charge in [-0.05, 0) is 43.2 Å². The summed E-state index contributed by atoms with van der Waals surface area (Å²) in [6.07, 6.45) is 6.39. The zero-order valence-corrected chi connectivity index (χ0v) is 15.4. The molecule has 1 aliphatic carbocycles. The molecule has 1 aromatic heterocycles. The quantitative estimate of drug-likeness (QED) is 0.836. The van der Waals surface area contributed by atoms with Crippen LogP contribution in [0.15, 0.2) is 42.7 Å². The Balaban J connectivity index is 1.25. The van der Waals surface area contributed by atoms with Gasteiger partial charge in [0.1, 0.15) is 0 Å². The van der Waals surface area contributed by atoms with Crippen molar-refractivity contribution in [2.24, 2.45) is 0 Å². The largest absolute Gasteiger partial charge is 0.353 e. The summed E-state index contributed by atoms with van der Waals surface area (Å²) in [7, 11) is 0. The number of carbonyl (C=O) groups is 2. The number of piperazine rings is 1. The van der Waals surface area contributed by atoms with Gasteiger partial charge in [-0.3, -0.25) is 14.5 Å². The normalized spacial score (nSPS) is 17.7. The maximum absolute atomic E-state index is 12.7. The fourth-order valence-electron chi connectivity index (χ4n) is 3.32. The van der Waals surface area contributed by atoms with Crippen LogP contribution in [0.5, 0.6) is 0 Å². The maximum Gasteiger partial charge on any atom is 0.253 e. The van der Waals surface area contributed by atoms with Crippen molar-refractivity contribution in [2.45, 2.75) is 25.3 Å². The molecule has 2 heterocycles. The summed E-state index contributed by atoms with van der Waals surface area (Å²) < 4.78 is 1.77. The Kier molecular flexibility index (Phi) is 5.20. The summed E-state index contributed by atoms with van der Waals surface area (Å²) >= 11 is 0. The second-order valence-electron chi connectivity index (χ2n) is 7.22. The number of amides is 2. The summed E-state index contributed by atoms with van der Waals surface area (Å²) in [6, 6.07) is 9.83. The SMILES string of the molecule is O=C(CCN1CCN(C(=O)c2ccc(-n3cccn3)cc2)CC1)NC1CC1. The van der Waals surface area contributed by atoms with Crippen molar-refractivity contribution in [2.75, 3.05) is 32.7 Å².